The molecule has 4 atom stereocenters. The van der Waals surface area contributed by atoms with E-state index in [9.17, 15) is 22.4 Å². The van der Waals surface area contributed by atoms with E-state index in [2.05, 4.69) is 41.8 Å². The molecular weight excluding hydrogens is 764 g/mol. The number of hydrogen-bond acceptors (Lipinski definition) is 6. The van der Waals surface area contributed by atoms with E-state index < -0.39 is 37.7 Å². The predicted molar refractivity (Wildman–Crippen MR) is 220 cm³/mol. The van der Waals surface area contributed by atoms with Crippen molar-refractivity contribution in [3.8, 4) is 0 Å². The van der Waals surface area contributed by atoms with Crippen LogP contribution in [0.4, 0.5) is 25.4 Å². The van der Waals surface area contributed by atoms with Gasteiger partial charge in [-0.3, -0.25) is 4.98 Å². The van der Waals surface area contributed by atoms with E-state index in [-0.39, 0.29) is 27.5 Å². The molecule has 0 saturated carbocycles. The summed E-state index contributed by atoms with van der Waals surface area (Å²) in [4.78, 5) is 31.2. The first-order valence-electron chi connectivity index (χ1n) is 19.6. The number of halogens is 1. The van der Waals surface area contributed by atoms with Gasteiger partial charge in [0.05, 0.1) is 9.79 Å². The molecule has 1 heterocycles. The van der Waals surface area contributed by atoms with Crippen molar-refractivity contribution in [3.63, 3.8) is 0 Å². The number of benzene rings is 3. The minimum Gasteiger partial charge on any atom is -0.316 e. The average Bonchev–Trinajstić information content (AvgIpc) is 3.97. The quantitative estimate of drug-likeness (QED) is 0.127. The maximum Gasteiger partial charge on any atom is 0.354 e. The predicted octanol–water partition coefficient (Wildman–Crippen LogP) is 7.04. The van der Waals surface area contributed by atoms with Gasteiger partial charge in [0.2, 0.25) is 0 Å². The summed E-state index contributed by atoms with van der Waals surface area (Å²) in [6.07, 6.45) is 9.98. The molecular formula is C42H49FN8O4S2. The van der Waals surface area contributed by atoms with Crippen molar-refractivity contribution < 1.29 is 22.4 Å². The molecule has 0 saturated heterocycles. The smallest absolute Gasteiger partial charge is 0.316 e. The summed E-state index contributed by atoms with van der Waals surface area (Å²) in [5, 5.41) is 21.1. The molecule has 0 radical (unpaired) electrons. The van der Waals surface area contributed by atoms with Crippen molar-refractivity contribution in [2.75, 3.05) is 17.7 Å². The monoisotopic (exact) mass is 812 g/mol. The normalized spacial score (nSPS) is 19.9. The highest BCUT2D eigenvalue weighted by Gasteiger charge is 2.38. The van der Waals surface area contributed by atoms with Crippen molar-refractivity contribution in [3.05, 3.63) is 110 Å². The molecule has 4 aliphatic carbocycles. The number of aromatic nitrogens is 1. The lowest BCUT2D eigenvalue weighted by Crippen LogP contribution is -2.20. The second kappa shape index (κ2) is 15.3. The molecule has 4 amide bonds. The van der Waals surface area contributed by atoms with E-state index in [0.29, 0.717) is 17.8 Å². The van der Waals surface area contributed by atoms with Gasteiger partial charge in [0.25, 0.3) is 0 Å². The van der Waals surface area contributed by atoms with Crippen LogP contribution in [-0.2, 0) is 77.7 Å². The number of nitrogens with one attached hydrogen (secondary N) is 3. The molecule has 12 nitrogen and oxygen atoms in total. The minimum atomic E-state index is -3.87. The van der Waals surface area contributed by atoms with Gasteiger partial charge in [0.1, 0.15) is 25.6 Å². The van der Waals surface area contributed by atoms with Crippen molar-refractivity contribution in [1.82, 2.24) is 10.3 Å². The third kappa shape index (κ3) is 7.75. The van der Waals surface area contributed by atoms with Gasteiger partial charge in [-0.15, -0.1) is 8.73 Å². The maximum atomic E-state index is 15.0. The van der Waals surface area contributed by atoms with Gasteiger partial charge in [0.15, 0.2) is 0 Å². The molecule has 3 aromatic carbocycles. The second-order valence-corrected chi connectivity index (χ2v) is 19.7. The first-order valence-corrected chi connectivity index (χ1v) is 22.8. The Balaban J connectivity index is 1.03. The van der Waals surface area contributed by atoms with Crippen LogP contribution in [0.15, 0.2) is 67.2 Å². The van der Waals surface area contributed by atoms with Gasteiger partial charge < -0.3 is 16.0 Å². The summed E-state index contributed by atoms with van der Waals surface area (Å²) in [5.74, 6) is -0.0591. The van der Waals surface area contributed by atoms with Gasteiger partial charge in [-0.1, -0.05) is 32.0 Å². The van der Waals surface area contributed by atoms with Crippen LogP contribution in [0.3, 0.4) is 0 Å². The Morgan fingerprint density at radius 1 is 0.772 bits per heavy atom. The molecule has 0 spiro atoms. The number of urea groups is 2. The number of hydrogen-bond donors (Lipinski definition) is 5. The van der Waals surface area contributed by atoms with E-state index in [1.807, 2.05) is 13.8 Å². The zero-order valence-corrected chi connectivity index (χ0v) is 34.1. The molecule has 0 aliphatic heterocycles. The fraction of sp³-hybridized carbons (Fsp3) is 0.405. The molecule has 0 fully saturated rings. The Hall–Kier alpha value is -4.54. The summed E-state index contributed by atoms with van der Waals surface area (Å²) >= 11 is 0. The largest absolute Gasteiger partial charge is 0.354 e. The van der Waals surface area contributed by atoms with Crippen LogP contribution in [0.1, 0.15) is 88.4 Å². The number of amides is 4. The lowest BCUT2D eigenvalue weighted by Gasteiger charge is -2.18. The molecule has 8 rings (SSSR count). The highest BCUT2D eigenvalue weighted by Crippen LogP contribution is 2.47. The maximum absolute atomic E-state index is 15.0. The minimum absolute atomic E-state index is 0.186. The standard InChI is InChI=1S/C42H49FN8O4S2/c1-23(2)37-12-11-31(22-47-37)56(44,54)50-41(52)48-39-32-8-4-6-25(32)15-29-17-27(19-34(29)39)28-18-30-16-26-7-5-9-33(26)40(35(30)20-28)49-42(53)51-57(45,55)38-13-10-24(21-46-3)14-36(38)43/h10-16,22-23,27-28,46H,4-9,17-21H2,1-3H3,(H3,44,48,50,52,54)(H3,45,49,51,53,55). The Labute approximate surface area is 333 Å². The first kappa shape index (κ1) is 39.3. The number of anilines is 2. The Bertz CT molecular complexity index is 2580. The molecule has 4 aliphatic rings. The van der Waals surface area contributed by atoms with Crippen LogP contribution < -0.4 is 26.2 Å². The van der Waals surface area contributed by atoms with Crippen LogP contribution in [0, 0.1) is 17.7 Å². The van der Waals surface area contributed by atoms with Crippen molar-refractivity contribution in [2.24, 2.45) is 30.8 Å². The van der Waals surface area contributed by atoms with Crippen molar-refractivity contribution in [1.29, 1.82) is 0 Å². The summed E-state index contributed by atoms with van der Waals surface area (Å²) in [7, 11) is -5.66. The molecule has 15 heteroatoms. The number of carbonyl (C=O) groups is 2. The molecule has 4 unspecified atom stereocenters. The number of carbonyl (C=O) groups excluding carboxylic acids is 2. The first-order chi connectivity index (χ1) is 27.2. The van der Waals surface area contributed by atoms with Gasteiger partial charge in [0, 0.05) is 29.8 Å². The summed E-state index contributed by atoms with van der Waals surface area (Å²) in [6, 6.07) is 10.5. The molecule has 0 bridgehead atoms. The molecule has 4 aromatic rings. The SMILES string of the molecule is CNCc1ccc(S(N)(=O)=NC(=O)Nc2c3c(cc4c2CC(C2Cc5cc6c(c(NC(=O)N=S(N)(=O)c7ccc(C(C)C)nc7)c5C2)CCC6)C4)CCC3)c(F)c1. The molecule has 7 N–H and O–H groups in total. The molecule has 57 heavy (non-hydrogen) atoms. The Kier molecular flexibility index (Phi) is 10.6. The molecule has 1 aromatic heterocycles. The summed E-state index contributed by atoms with van der Waals surface area (Å²) in [5.41, 5.74) is 12.0. The van der Waals surface area contributed by atoms with E-state index >= 15 is 0 Å². The number of nitrogens with two attached hydrogens (primary N) is 2. The van der Waals surface area contributed by atoms with Crippen LogP contribution in [0.2, 0.25) is 0 Å². The summed E-state index contributed by atoms with van der Waals surface area (Å²) < 4.78 is 49.7. The van der Waals surface area contributed by atoms with Crippen LogP contribution >= 0.6 is 0 Å². The average molecular weight is 813 g/mol. The van der Waals surface area contributed by atoms with Crippen molar-refractivity contribution in [2.45, 2.75) is 100 Å². The Morgan fingerprint density at radius 2 is 1.33 bits per heavy atom. The number of fused-ring (bicyclic) bond motifs is 4. The summed E-state index contributed by atoms with van der Waals surface area (Å²) in [6.45, 7) is 4.43. The van der Waals surface area contributed by atoms with Crippen LogP contribution in [0.5, 0.6) is 0 Å². The van der Waals surface area contributed by atoms with Gasteiger partial charge in [-0.05, 0) is 163 Å². The molecule has 300 valence electrons. The lowest BCUT2D eigenvalue weighted by molar-refractivity contribution is 0.259. The van der Waals surface area contributed by atoms with Gasteiger partial charge in [-0.2, -0.15) is 0 Å². The fourth-order valence-electron chi connectivity index (χ4n) is 9.35. The zero-order valence-electron chi connectivity index (χ0n) is 32.5. The highest BCUT2D eigenvalue weighted by atomic mass is 32.2. The van der Waals surface area contributed by atoms with E-state index in [1.54, 1.807) is 25.2 Å². The number of aryl methyl sites for hydroxylation is 2. The number of pyridine rings is 1. The third-order valence-corrected chi connectivity index (χ3v) is 14.8. The van der Waals surface area contributed by atoms with Crippen molar-refractivity contribution >= 4 is 43.3 Å². The zero-order chi connectivity index (χ0) is 40.2. The number of nitrogens with zero attached hydrogens (tertiary/aromatic N) is 3. The lowest BCUT2D eigenvalue weighted by atomic mass is 9.87. The van der Waals surface area contributed by atoms with Crippen LogP contribution in [-0.4, -0.2) is 32.5 Å². The van der Waals surface area contributed by atoms with Gasteiger partial charge in [-0.25, -0.2) is 32.7 Å². The van der Waals surface area contributed by atoms with E-state index in [0.717, 1.165) is 97.8 Å². The van der Waals surface area contributed by atoms with E-state index in [1.165, 1.54) is 40.6 Å². The van der Waals surface area contributed by atoms with Gasteiger partial charge >= 0.3 is 12.1 Å². The highest BCUT2D eigenvalue weighted by molar-refractivity contribution is 7.92. The third-order valence-electron chi connectivity index (χ3n) is 12.0. The fourth-order valence-corrected chi connectivity index (χ4v) is 11.2. The topological polar surface area (TPSA) is 194 Å². The van der Waals surface area contributed by atoms with E-state index in [4.69, 9.17) is 10.3 Å². The van der Waals surface area contributed by atoms with Crippen LogP contribution in [0.25, 0.3) is 0 Å². The second-order valence-electron chi connectivity index (χ2n) is 16.1. The Morgan fingerprint density at radius 3 is 1.82 bits per heavy atom. The number of rotatable bonds is 8.